The Hall–Kier alpha value is -3.67. The molecule has 0 spiro atoms. The molecule has 4 rings (SSSR count). The van der Waals surface area contributed by atoms with Crippen LogP contribution in [0.4, 0.5) is 10.5 Å². The number of fused-ring (bicyclic) bond motifs is 1. The van der Waals surface area contributed by atoms with E-state index in [0.717, 1.165) is 22.0 Å². The maximum absolute atomic E-state index is 12.3. The number of urea groups is 1. The highest BCUT2D eigenvalue weighted by atomic mass is 16.2. The van der Waals surface area contributed by atoms with Crippen LogP contribution in [-0.2, 0) is 6.54 Å². The van der Waals surface area contributed by atoms with Gasteiger partial charge in [0.25, 0.3) is 0 Å². The van der Waals surface area contributed by atoms with E-state index < -0.39 is 0 Å². The van der Waals surface area contributed by atoms with E-state index in [-0.39, 0.29) is 6.03 Å². The Kier molecular flexibility index (Phi) is 4.30. The molecule has 0 atom stereocenters. The van der Waals surface area contributed by atoms with Gasteiger partial charge in [0.2, 0.25) is 0 Å². The van der Waals surface area contributed by atoms with Crippen molar-refractivity contribution in [3.8, 4) is 5.82 Å². The minimum Gasteiger partial charge on any atom is -0.334 e. The fourth-order valence-electron chi connectivity index (χ4n) is 2.78. The standard InChI is InChI=1S/C20H17N5O/c26-20(24-18-8-3-6-16-5-1-2-7-17(16)18)22-14-15-9-11-21-19(13-15)25-12-4-10-23-25/h1-13H,14H2,(H2,22,24,26). The quantitative estimate of drug-likeness (QED) is 0.593. The van der Waals surface area contributed by atoms with Crippen LogP contribution in [0.5, 0.6) is 0 Å². The summed E-state index contributed by atoms with van der Waals surface area (Å²) in [5.74, 6) is 0.712. The lowest BCUT2D eigenvalue weighted by Crippen LogP contribution is -2.28. The van der Waals surface area contributed by atoms with Crippen molar-refractivity contribution in [1.82, 2.24) is 20.1 Å². The number of hydrogen-bond donors (Lipinski definition) is 2. The molecule has 0 fully saturated rings. The van der Waals surface area contributed by atoms with Gasteiger partial charge in [0.15, 0.2) is 5.82 Å². The summed E-state index contributed by atoms with van der Waals surface area (Å²) in [6.07, 6.45) is 5.23. The Morgan fingerprint density at radius 2 is 1.88 bits per heavy atom. The largest absolute Gasteiger partial charge is 0.334 e. The van der Waals surface area contributed by atoms with Crippen LogP contribution in [-0.4, -0.2) is 20.8 Å². The predicted octanol–water partition coefficient (Wildman–Crippen LogP) is 3.74. The van der Waals surface area contributed by atoms with Crippen molar-refractivity contribution < 1.29 is 4.79 Å². The topological polar surface area (TPSA) is 71.8 Å². The van der Waals surface area contributed by atoms with Crippen molar-refractivity contribution >= 4 is 22.5 Å². The zero-order valence-corrected chi connectivity index (χ0v) is 14.0. The van der Waals surface area contributed by atoms with E-state index in [0.29, 0.717) is 12.4 Å². The Labute approximate surface area is 150 Å². The van der Waals surface area contributed by atoms with Gasteiger partial charge in [-0.3, -0.25) is 0 Å². The fraction of sp³-hybridized carbons (Fsp3) is 0.0500. The number of carbonyl (C=O) groups excluding carboxylic acids is 1. The number of anilines is 1. The molecule has 128 valence electrons. The van der Waals surface area contributed by atoms with E-state index in [1.54, 1.807) is 17.1 Å². The number of nitrogens with zero attached hydrogens (tertiary/aromatic N) is 3. The molecule has 2 N–H and O–H groups in total. The van der Waals surface area contributed by atoms with Crippen molar-refractivity contribution in [1.29, 1.82) is 0 Å². The number of nitrogens with one attached hydrogen (secondary N) is 2. The van der Waals surface area contributed by atoms with Crippen LogP contribution in [0.15, 0.2) is 79.3 Å². The predicted molar refractivity (Wildman–Crippen MR) is 101 cm³/mol. The first-order valence-corrected chi connectivity index (χ1v) is 8.27. The minimum atomic E-state index is -0.251. The van der Waals surface area contributed by atoms with E-state index in [9.17, 15) is 4.79 Å². The van der Waals surface area contributed by atoms with E-state index in [1.165, 1.54) is 0 Å². The Bertz CT molecular complexity index is 1040. The van der Waals surface area contributed by atoms with E-state index in [2.05, 4.69) is 20.7 Å². The molecule has 0 aliphatic carbocycles. The second-order valence-electron chi connectivity index (χ2n) is 5.81. The Morgan fingerprint density at radius 1 is 1.00 bits per heavy atom. The van der Waals surface area contributed by atoms with Crippen molar-refractivity contribution in [2.75, 3.05) is 5.32 Å². The number of aromatic nitrogens is 3. The molecule has 0 saturated carbocycles. The van der Waals surface area contributed by atoms with Gasteiger partial charge < -0.3 is 10.6 Å². The van der Waals surface area contributed by atoms with Gasteiger partial charge in [-0.1, -0.05) is 36.4 Å². The van der Waals surface area contributed by atoms with Gasteiger partial charge in [0, 0.05) is 30.5 Å². The summed E-state index contributed by atoms with van der Waals surface area (Å²) in [7, 11) is 0. The molecular weight excluding hydrogens is 326 g/mol. The summed E-state index contributed by atoms with van der Waals surface area (Å²) in [5, 5.41) is 12.0. The molecule has 4 aromatic rings. The molecule has 26 heavy (non-hydrogen) atoms. The first-order chi connectivity index (χ1) is 12.8. The van der Waals surface area contributed by atoms with Gasteiger partial charge >= 0.3 is 6.03 Å². The molecule has 0 aliphatic rings. The second-order valence-corrected chi connectivity index (χ2v) is 5.81. The second kappa shape index (κ2) is 7.06. The van der Waals surface area contributed by atoms with Crippen molar-refractivity contribution in [2.45, 2.75) is 6.54 Å². The van der Waals surface area contributed by atoms with Crippen LogP contribution in [0.3, 0.4) is 0 Å². The third-order valence-corrected chi connectivity index (χ3v) is 4.04. The Morgan fingerprint density at radius 3 is 2.77 bits per heavy atom. The SMILES string of the molecule is O=C(NCc1ccnc(-n2cccn2)c1)Nc1cccc2ccccc12. The maximum Gasteiger partial charge on any atom is 0.319 e. The molecule has 2 amide bonds. The summed E-state index contributed by atoms with van der Waals surface area (Å²) in [6, 6.07) is 19.1. The molecule has 6 nitrogen and oxygen atoms in total. The molecule has 2 aromatic heterocycles. The van der Waals surface area contributed by atoms with Crippen LogP contribution in [0.25, 0.3) is 16.6 Å². The van der Waals surface area contributed by atoms with Crippen molar-refractivity contribution in [3.05, 3.63) is 84.8 Å². The summed E-state index contributed by atoms with van der Waals surface area (Å²) < 4.78 is 1.68. The van der Waals surface area contributed by atoms with E-state index in [4.69, 9.17) is 0 Å². The van der Waals surface area contributed by atoms with E-state index >= 15 is 0 Å². The molecule has 0 saturated heterocycles. The highest BCUT2D eigenvalue weighted by Crippen LogP contribution is 2.22. The number of pyridine rings is 1. The molecule has 2 heterocycles. The summed E-state index contributed by atoms with van der Waals surface area (Å²) in [4.78, 5) is 16.6. The number of rotatable bonds is 4. The van der Waals surface area contributed by atoms with Crippen LogP contribution >= 0.6 is 0 Å². The number of hydrogen-bond acceptors (Lipinski definition) is 3. The first kappa shape index (κ1) is 15.8. The average molecular weight is 343 g/mol. The lowest BCUT2D eigenvalue weighted by Gasteiger charge is -2.10. The van der Waals surface area contributed by atoms with Gasteiger partial charge in [-0.15, -0.1) is 0 Å². The van der Waals surface area contributed by atoms with Gasteiger partial charge in [-0.05, 0) is 35.2 Å². The van der Waals surface area contributed by atoms with Crippen LogP contribution in [0.1, 0.15) is 5.56 Å². The van der Waals surface area contributed by atoms with Gasteiger partial charge in [0.1, 0.15) is 0 Å². The summed E-state index contributed by atoms with van der Waals surface area (Å²) in [5.41, 5.74) is 1.73. The zero-order valence-electron chi connectivity index (χ0n) is 14.0. The average Bonchev–Trinajstić information content (AvgIpc) is 3.22. The smallest absolute Gasteiger partial charge is 0.319 e. The number of carbonyl (C=O) groups is 1. The first-order valence-electron chi connectivity index (χ1n) is 8.27. The lowest BCUT2D eigenvalue weighted by atomic mass is 10.1. The molecule has 0 radical (unpaired) electrons. The fourth-order valence-corrected chi connectivity index (χ4v) is 2.78. The van der Waals surface area contributed by atoms with Crippen LogP contribution in [0.2, 0.25) is 0 Å². The third kappa shape index (κ3) is 3.39. The molecule has 2 aromatic carbocycles. The maximum atomic E-state index is 12.3. The highest BCUT2D eigenvalue weighted by Gasteiger charge is 2.06. The molecule has 0 unspecified atom stereocenters. The van der Waals surface area contributed by atoms with Crippen molar-refractivity contribution in [2.24, 2.45) is 0 Å². The molecule has 0 bridgehead atoms. The van der Waals surface area contributed by atoms with Gasteiger partial charge in [0.05, 0.1) is 5.69 Å². The van der Waals surface area contributed by atoms with Crippen LogP contribution < -0.4 is 10.6 Å². The van der Waals surface area contributed by atoms with E-state index in [1.807, 2.05) is 66.9 Å². The summed E-state index contributed by atoms with van der Waals surface area (Å²) in [6.45, 7) is 0.396. The molecule has 6 heteroatoms. The molecule has 0 aliphatic heterocycles. The normalized spacial score (nSPS) is 10.6. The zero-order chi connectivity index (χ0) is 17.8. The van der Waals surface area contributed by atoms with Crippen molar-refractivity contribution in [3.63, 3.8) is 0 Å². The van der Waals surface area contributed by atoms with Gasteiger partial charge in [-0.25, -0.2) is 14.5 Å². The minimum absolute atomic E-state index is 0.251. The number of benzene rings is 2. The number of amides is 2. The molecular formula is C20H17N5O. The summed E-state index contributed by atoms with van der Waals surface area (Å²) >= 11 is 0. The highest BCUT2D eigenvalue weighted by molar-refractivity contribution is 6.01. The van der Waals surface area contributed by atoms with Crippen LogP contribution in [0, 0.1) is 0 Å². The monoisotopic (exact) mass is 343 g/mol. The van der Waals surface area contributed by atoms with Gasteiger partial charge in [-0.2, -0.15) is 5.10 Å². The Balaban J connectivity index is 1.43. The third-order valence-electron chi connectivity index (χ3n) is 4.04. The lowest BCUT2D eigenvalue weighted by molar-refractivity contribution is 0.252.